The second kappa shape index (κ2) is 6.67. The average molecular weight is 320 g/mol. The molecule has 0 radical (unpaired) electrons. The van der Waals surface area contributed by atoms with Gasteiger partial charge in [-0.15, -0.1) is 0 Å². The van der Waals surface area contributed by atoms with Gasteiger partial charge < -0.3 is 0 Å². The first kappa shape index (κ1) is 16.1. The summed E-state index contributed by atoms with van der Waals surface area (Å²) in [6, 6.07) is 14.8. The lowest BCUT2D eigenvalue weighted by Gasteiger charge is -2.13. The number of sulfonamides is 1. The van der Waals surface area contributed by atoms with Gasteiger partial charge in [0.25, 0.3) is 5.69 Å². The van der Waals surface area contributed by atoms with Crippen LogP contribution in [0.3, 0.4) is 0 Å². The first-order valence-corrected chi connectivity index (χ1v) is 8.18. The fraction of sp³-hybridized carbons (Fsp3) is 0.200. The van der Waals surface area contributed by atoms with E-state index in [0.29, 0.717) is 0 Å². The predicted molar refractivity (Wildman–Crippen MR) is 83.1 cm³/mol. The molecule has 7 heteroatoms. The first-order chi connectivity index (χ1) is 10.4. The summed E-state index contributed by atoms with van der Waals surface area (Å²) in [5, 5.41) is 10.9. The zero-order valence-electron chi connectivity index (χ0n) is 12.0. The molecule has 0 aliphatic heterocycles. The van der Waals surface area contributed by atoms with Crippen molar-refractivity contribution in [3.8, 4) is 0 Å². The molecule has 0 spiro atoms. The van der Waals surface area contributed by atoms with Crippen molar-refractivity contribution in [2.75, 3.05) is 6.54 Å². The van der Waals surface area contributed by atoms with E-state index in [2.05, 4.69) is 4.72 Å². The first-order valence-electron chi connectivity index (χ1n) is 6.70. The Morgan fingerprint density at radius 3 is 2.32 bits per heavy atom. The van der Waals surface area contributed by atoms with Crippen LogP contribution in [-0.2, 0) is 10.0 Å². The molecule has 0 amide bonds. The molecule has 0 heterocycles. The van der Waals surface area contributed by atoms with Gasteiger partial charge in [-0.3, -0.25) is 10.1 Å². The minimum Gasteiger partial charge on any atom is -0.258 e. The molecular weight excluding hydrogens is 304 g/mol. The summed E-state index contributed by atoms with van der Waals surface area (Å²) in [5.41, 5.74) is 0.565. The lowest BCUT2D eigenvalue weighted by atomic mass is 10.0. The predicted octanol–water partition coefficient (Wildman–Crippen LogP) is 2.68. The van der Waals surface area contributed by atoms with Gasteiger partial charge in [-0.05, 0) is 17.5 Å². The molecule has 116 valence electrons. The molecule has 0 saturated heterocycles. The third-order valence-electron chi connectivity index (χ3n) is 3.30. The Kier molecular flexibility index (Phi) is 4.89. The summed E-state index contributed by atoms with van der Waals surface area (Å²) < 4.78 is 27.0. The summed E-state index contributed by atoms with van der Waals surface area (Å²) in [6.07, 6.45) is 0. The van der Waals surface area contributed by atoms with Crippen molar-refractivity contribution in [2.24, 2.45) is 0 Å². The molecule has 0 aliphatic carbocycles. The SMILES string of the molecule is CC(CNS(=O)(=O)c1ccccc1[N+](=O)[O-])c1ccccc1. The molecule has 0 saturated carbocycles. The number of nitrogens with zero attached hydrogens (tertiary/aromatic N) is 1. The minimum absolute atomic E-state index is 0.0428. The summed E-state index contributed by atoms with van der Waals surface area (Å²) in [6.45, 7) is 2.05. The maximum atomic E-state index is 12.3. The van der Waals surface area contributed by atoms with Gasteiger partial charge in [0.1, 0.15) is 0 Å². The highest BCUT2D eigenvalue weighted by Gasteiger charge is 2.25. The van der Waals surface area contributed by atoms with Gasteiger partial charge in [-0.2, -0.15) is 0 Å². The smallest absolute Gasteiger partial charge is 0.258 e. The second-order valence-electron chi connectivity index (χ2n) is 4.89. The van der Waals surface area contributed by atoms with E-state index in [1.807, 2.05) is 37.3 Å². The maximum Gasteiger partial charge on any atom is 0.289 e. The molecule has 1 unspecified atom stereocenters. The molecule has 1 N–H and O–H groups in total. The molecule has 6 nitrogen and oxygen atoms in total. The van der Waals surface area contributed by atoms with E-state index >= 15 is 0 Å². The third kappa shape index (κ3) is 3.69. The normalized spacial score (nSPS) is 12.8. The Morgan fingerprint density at radius 2 is 1.68 bits per heavy atom. The molecule has 2 aromatic rings. The van der Waals surface area contributed by atoms with Crippen LogP contribution in [0, 0.1) is 10.1 Å². The van der Waals surface area contributed by atoms with E-state index < -0.39 is 20.6 Å². The van der Waals surface area contributed by atoms with Crippen LogP contribution in [0.15, 0.2) is 59.5 Å². The van der Waals surface area contributed by atoms with Gasteiger partial charge in [0.2, 0.25) is 10.0 Å². The minimum atomic E-state index is -3.93. The van der Waals surface area contributed by atoms with Crippen LogP contribution in [0.25, 0.3) is 0 Å². The lowest BCUT2D eigenvalue weighted by Crippen LogP contribution is -2.28. The number of rotatable bonds is 6. The standard InChI is InChI=1S/C15H16N2O4S/c1-12(13-7-3-2-4-8-13)11-16-22(20,21)15-10-6-5-9-14(15)17(18)19/h2-10,12,16H,11H2,1H3. The number of nitro groups is 1. The zero-order valence-corrected chi connectivity index (χ0v) is 12.8. The van der Waals surface area contributed by atoms with Crippen molar-refractivity contribution in [1.82, 2.24) is 4.72 Å². The fourth-order valence-electron chi connectivity index (χ4n) is 2.05. The number of nitrogens with one attached hydrogen (secondary N) is 1. The van der Waals surface area contributed by atoms with Gasteiger partial charge in [0, 0.05) is 12.6 Å². The van der Waals surface area contributed by atoms with Crippen molar-refractivity contribution in [3.05, 3.63) is 70.3 Å². The monoisotopic (exact) mass is 320 g/mol. The number of para-hydroxylation sites is 1. The summed E-state index contributed by atoms with van der Waals surface area (Å²) in [7, 11) is -3.93. The molecule has 0 fully saturated rings. The van der Waals surface area contributed by atoms with E-state index in [1.165, 1.54) is 24.3 Å². The van der Waals surface area contributed by atoms with Gasteiger partial charge in [-0.1, -0.05) is 49.4 Å². The fourth-order valence-corrected chi connectivity index (χ4v) is 3.35. The number of hydrogen-bond donors (Lipinski definition) is 1. The highest BCUT2D eigenvalue weighted by molar-refractivity contribution is 7.89. The molecular formula is C15H16N2O4S. The van der Waals surface area contributed by atoms with Crippen LogP contribution in [0.2, 0.25) is 0 Å². The lowest BCUT2D eigenvalue weighted by molar-refractivity contribution is -0.387. The van der Waals surface area contributed by atoms with Crippen molar-refractivity contribution >= 4 is 15.7 Å². The summed E-state index contributed by atoms with van der Waals surface area (Å²) in [4.78, 5) is 9.92. The van der Waals surface area contributed by atoms with Crippen molar-refractivity contribution < 1.29 is 13.3 Å². The average Bonchev–Trinajstić information content (AvgIpc) is 2.53. The van der Waals surface area contributed by atoms with E-state index in [9.17, 15) is 18.5 Å². The molecule has 2 aromatic carbocycles. The Bertz CT molecular complexity index is 760. The van der Waals surface area contributed by atoms with E-state index in [0.717, 1.165) is 5.56 Å². The largest absolute Gasteiger partial charge is 0.289 e. The van der Waals surface area contributed by atoms with Crippen LogP contribution < -0.4 is 4.72 Å². The van der Waals surface area contributed by atoms with Gasteiger partial charge in [0.15, 0.2) is 4.90 Å². The third-order valence-corrected chi connectivity index (χ3v) is 4.77. The molecule has 2 rings (SSSR count). The van der Waals surface area contributed by atoms with E-state index in [1.54, 1.807) is 0 Å². The number of nitro benzene ring substituents is 1. The highest BCUT2D eigenvalue weighted by atomic mass is 32.2. The molecule has 0 bridgehead atoms. The van der Waals surface area contributed by atoms with Crippen LogP contribution in [0.1, 0.15) is 18.4 Å². The Labute approximate surface area is 129 Å². The molecule has 1 atom stereocenters. The molecule has 22 heavy (non-hydrogen) atoms. The van der Waals surface area contributed by atoms with Crippen molar-refractivity contribution in [3.63, 3.8) is 0 Å². The summed E-state index contributed by atoms with van der Waals surface area (Å²) in [5.74, 6) is -0.0428. The van der Waals surface area contributed by atoms with Crippen molar-refractivity contribution in [2.45, 2.75) is 17.7 Å². The van der Waals surface area contributed by atoms with Crippen molar-refractivity contribution in [1.29, 1.82) is 0 Å². The topological polar surface area (TPSA) is 89.3 Å². The number of hydrogen-bond acceptors (Lipinski definition) is 4. The summed E-state index contributed by atoms with van der Waals surface area (Å²) >= 11 is 0. The zero-order chi connectivity index (χ0) is 16.2. The van der Waals surface area contributed by atoms with Crippen LogP contribution >= 0.6 is 0 Å². The van der Waals surface area contributed by atoms with E-state index in [-0.39, 0.29) is 17.4 Å². The Balaban J connectivity index is 2.17. The van der Waals surface area contributed by atoms with Gasteiger partial charge in [0.05, 0.1) is 4.92 Å². The van der Waals surface area contributed by atoms with Crippen LogP contribution in [0.5, 0.6) is 0 Å². The van der Waals surface area contributed by atoms with E-state index in [4.69, 9.17) is 0 Å². The Morgan fingerprint density at radius 1 is 1.09 bits per heavy atom. The maximum absolute atomic E-state index is 12.3. The number of benzene rings is 2. The second-order valence-corrected chi connectivity index (χ2v) is 6.62. The Hall–Kier alpha value is -2.25. The van der Waals surface area contributed by atoms with Crippen LogP contribution in [-0.4, -0.2) is 19.9 Å². The van der Waals surface area contributed by atoms with Crippen LogP contribution in [0.4, 0.5) is 5.69 Å². The van der Waals surface area contributed by atoms with Gasteiger partial charge in [-0.25, -0.2) is 13.1 Å². The highest BCUT2D eigenvalue weighted by Crippen LogP contribution is 2.23. The van der Waals surface area contributed by atoms with Gasteiger partial charge >= 0.3 is 0 Å². The quantitative estimate of drug-likeness (QED) is 0.654. The molecule has 0 aliphatic rings. The molecule has 0 aromatic heterocycles.